The van der Waals surface area contributed by atoms with Crippen LogP contribution in [-0.2, 0) is 21.1 Å². The molecule has 0 heterocycles. The van der Waals surface area contributed by atoms with Crippen LogP contribution in [0.25, 0.3) is 0 Å². The van der Waals surface area contributed by atoms with E-state index < -0.39 is 21.5 Å². The van der Waals surface area contributed by atoms with Gasteiger partial charge in [-0.2, -0.15) is 0 Å². The molecule has 0 fully saturated rings. The van der Waals surface area contributed by atoms with Crippen molar-refractivity contribution in [3.05, 3.63) is 29.8 Å². The van der Waals surface area contributed by atoms with Gasteiger partial charge in [-0.3, -0.25) is 4.79 Å². The third kappa shape index (κ3) is 8.57. The molecule has 0 aliphatic rings. The number of hydrogen-bond acceptors (Lipinski definition) is 4. The van der Waals surface area contributed by atoms with Crippen LogP contribution in [0, 0.1) is 5.92 Å². The first-order chi connectivity index (χ1) is 9.28. The van der Waals surface area contributed by atoms with Gasteiger partial charge in [-0.15, -0.1) is 12.4 Å². The first-order valence-corrected chi connectivity index (χ1v) is 8.42. The number of hydrogen-bond donors (Lipinski definition) is 2. The van der Waals surface area contributed by atoms with Gasteiger partial charge in [-0.1, -0.05) is 26.0 Å². The number of benzene rings is 1. The lowest BCUT2D eigenvalue weighted by molar-refractivity contribution is -0.118. The maximum Gasteiger partial charge on any atom is 0.235 e. The van der Waals surface area contributed by atoms with Crippen molar-refractivity contribution < 1.29 is 13.2 Å². The molecule has 120 valence electrons. The zero-order valence-electron chi connectivity index (χ0n) is 12.3. The van der Waals surface area contributed by atoms with Crippen LogP contribution in [0.15, 0.2) is 24.3 Å². The minimum absolute atomic E-state index is 0. The first kappa shape index (κ1) is 19.7. The van der Waals surface area contributed by atoms with Gasteiger partial charge in [0.15, 0.2) is 9.84 Å². The number of anilines is 1. The van der Waals surface area contributed by atoms with Crippen LogP contribution in [0.2, 0.25) is 0 Å². The Morgan fingerprint density at radius 2 is 1.81 bits per heavy atom. The van der Waals surface area contributed by atoms with Crippen LogP contribution >= 0.6 is 12.4 Å². The number of rotatable bonds is 7. The van der Waals surface area contributed by atoms with Crippen molar-refractivity contribution in [2.24, 2.45) is 5.92 Å². The lowest BCUT2D eigenvalue weighted by Gasteiger charge is -2.08. The van der Waals surface area contributed by atoms with E-state index in [-0.39, 0.29) is 24.1 Å². The predicted octanol–water partition coefficient (Wildman–Crippen LogP) is 1.42. The molecule has 0 aliphatic carbocycles. The molecule has 1 rings (SSSR count). The first-order valence-electron chi connectivity index (χ1n) is 6.60. The molecule has 7 heteroatoms. The Kier molecular flexibility index (Phi) is 8.36. The second-order valence-corrected chi connectivity index (χ2v) is 7.40. The minimum Gasteiger partial charge on any atom is -0.399 e. The molecule has 0 saturated heterocycles. The number of nitrogen functional groups attached to an aromatic ring is 1. The molecule has 0 aliphatic heterocycles. The average molecular weight is 335 g/mol. The van der Waals surface area contributed by atoms with E-state index in [0.717, 1.165) is 5.56 Å². The molecule has 0 aromatic heterocycles. The number of carbonyl (C=O) groups excluding carboxylic acids is 1. The van der Waals surface area contributed by atoms with Gasteiger partial charge in [0.05, 0.1) is 5.75 Å². The monoisotopic (exact) mass is 334 g/mol. The highest BCUT2D eigenvalue weighted by Crippen LogP contribution is 2.05. The Labute approximate surface area is 132 Å². The highest BCUT2D eigenvalue weighted by Gasteiger charge is 2.17. The topological polar surface area (TPSA) is 89.3 Å². The van der Waals surface area contributed by atoms with Crippen LogP contribution < -0.4 is 11.1 Å². The Balaban J connectivity index is 0.00000400. The standard InChI is InChI=1S/C14H22N2O3S.ClH/c1-11(2)9-20(18,19)10-14(17)16-8-7-12-3-5-13(15)6-4-12;/h3-6,11H,7-10,15H2,1-2H3,(H,16,17);1H. The van der Waals surface area contributed by atoms with E-state index in [0.29, 0.717) is 18.7 Å². The molecular formula is C14H23ClN2O3S. The molecule has 1 aromatic rings. The predicted molar refractivity (Wildman–Crippen MR) is 88.3 cm³/mol. The molecule has 0 unspecified atom stereocenters. The second kappa shape index (κ2) is 8.89. The summed E-state index contributed by atoms with van der Waals surface area (Å²) >= 11 is 0. The summed E-state index contributed by atoms with van der Waals surface area (Å²) in [6, 6.07) is 7.36. The molecule has 0 bridgehead atoms. The molecule has 0 saturated carbocycles. The van der Waals surface area contributed by atoms with E-state index in [1.807, 2.05) is 26.0 Å². The van der Waals surface area contributed by atoms with E-state index in [1.165, 1.54) is 0 Å². The van der Waals surface area contributed by atoms with Crippen molar-refractivity contribution >= 4 is 33.8 Å². The Morgan fingerprint density at radius 3 is 2.33 bits per heavy atom. The fourth-order valence-corrected chi connectivity index (χ4v) is 3.48. The van der Waals surface area contributed by atoms with E-state index in [2.05, 4.69) is 5.32 Å². The largest absolute Gasteiger partial charge is 0.399 e. The van der Waals surface area contributed by atoms with Gasteiger partial charge in [0.1, 0.15) is 5.75 Å². The van der Waals surface area contributed by atoms with Crippen LogP contribution in [0.1, 0.15) is 19.4 Å². The maximum absolute atomic E-state index is 11.6. The molecule has 21 heavy (non-hydrogen) atoms. The summed E-state index contributed by atoms with van der Waals surface area (Å²) < 4.78 is 23.3. The number of sulfone groups is 1. The smallest absolute Gasteiger partial charge is 0.235 e. The summed E-state index contributed by atoms with van der Waals surface area (Å²) in [5.74, 6) is -0.811. The van der Waals surface area contributed by atoms with Gasteiger partial charge >= 0.3 is 0 Å². The summed E-state index contributed by atoms with van der Waals surface area (Å²) in [5, 5.41) is 2.63. The van der Waals surface area contributed by atoms with Gasteiger partial charge in [0.25, 0.3) is 0 Å². The van der Waals surface area contributed by atoms with Gasteiger partial charge in [0, 0.05) is 12.2 Å². The lowest BCUT2D eigenvalue weighted by Crippen LogP contribution is -2.33. The Morgan fingerprint density at radius 1 is 1.24 bits per heavy atom. The molecule has 1 aromatic carbocycles. The minimum atomic E-state index is -3.31. The third-order valence-corrected chi connectivity index (χ3v) is 4.53. The lowest BCUT2D eigenvalue weighted by atomic mass is 10.1. The number of nitrogens with one attached hydrogen (secondary N) is 1. The van der Waals surface area contributed by atoms with Crippen molar-refractivity contribution in [1.29, 1.82) is 0 Å². The number of amides is 1. The Hall–Kier alpha value is -1.27. The van der Waals surface area contributed by atoms with Crippen molar-refractivity contribution in [2.75, 3.05) is 23.8 Å². The number of carbonyl (C=O) groups is 1. The maximum atomic E-state index is 11.6. The van der Waals surface area contributed by atoms with Gasteiger partial charge < -0.3 is 11.1 Å². The van der Waals surface area contributed by atoms with Crippen LogP contribution in [0.4, 0.5) is 5.69 Å². The fraction of sp³-hybridized carbons (Fsp3) is 0.500. The molecule has 5 nitrogen and oxygen atoms in total. The van der Waals surface area contributed by atoms with Crippen molar-refractivity contribution in [1.82, 2.24) is 5.32 Å². The molecule has 3 N–H and O–H groups in total. The van der Waals surface area contributed by atoms with E-state index >= 15 is 0 Å². The molecule has 0 spiro atoms. The summed E-state index contributed by atoms with van der Waals surface area (Å²) in [5.41, 5.74) is 7.31. The fourth-order valence-electron chi connectivity index (χ4n) is 1.85. The highest BCUT2D eigenvalue weighted by atomic mass is 35.5. The molecule has 1 amide bonds. The number of nitrogens with two attached hydrogens (primary N) is 1. The van der Waals surface area contributed by atoms with Gasteiger partial charge in [-0.05, 0) is 30.0 Å². The van der Waals surface area contributed by atoms with E-state index in [9.17, 15) is 13.2 Å². The zero-order valence-corrected chi connectivity index (χ0v) is 14.0. The van der Waals surface area contributed by atoms with Crippen LogP contribution in [0.5, 0.6) is 0 Å². The summed E-state index contributed by atoms with van der Waals surface area (Å²) in [4.78, 5) is 11.6. The quantitative estimate of drug-likeness (QED) is 0.738. The second-order valence-electron chi connectivity index (χ2n) is 5.29. The third-order valence-electron chi connectivity index (χ3n) is 2.65. The number of halogens is 1. The summed E-state index contributed by atoms with van der Waals surface area (Å²) in [6.45, 7) is 4.05. The van der Waals surface area contributed by atoms with Crippen LogP contribution in [-0.4, -0.2) is 32.4 Å². The molecular weight excluding hydrogens is 312 g/mol. The normalized spacial score (nSPS) is 11.0. The summed E-state index contributed by atoms with van der Waals surface area (Å²) in [7, 11) is -3.31. The summed E-state index contributed by atoms with van der Waals surface area (Å²) in [6.07, 6.45) is 0.649. The van der Waals surface area contributed by atoms with Crippen LogP contribution in [0.3, 0.4) is 0 Å². The Bertz CT molecular complexity index is 542. The molecule has 0 radical (unpaired) electrons. The van der Waals surface area contributed by atoms with Crippen molar-refractivity contribution in [3.63, 3.8) is 0 Å². The van der Waals surface area contributed by atoms with E-state index in [1.54, 1.807) is 12.1 Å². The average Bonchev–Trinajstić information content (AvgIpc) is 2.29. The SMILES string of the molecule is CC(C)CS(=O)(=O)CC(=O)NCCc1ccc(N)cc1.Cl. The van der Waals surface area contributed by atoms with Gasteiger partial charge in [-0.25, -0.2) is 8.42 Å². The molecule has 0 atom stereocenters. The zero-order chi connectivity index (χ0) is 15.2. The van der Waals surface area contributed by atoms with E-state index in [4.69, 9.17) is 5.73 Å². The highest BCUT2D eigenvalue weighted by molar-refractivity contribution is 7.92. The van der Waals surface area contributed by atoms with Gasteiger partial charge in [0.2, 0.25) is 5.91 Å². The van der Waals surface area contributed by atoms with Crippen molar-refractivity contribution in [2.45, 2.75) is 20.3 Å². The van der Waals surface area contributed by atoms with Crippen molar-refractivity contribution in [3.8, 4) is 0 Å².